The summed E-state index contributed by atoms with van der Waals surface area (Å²) < 4.78 is 32.2. The number of carbonyl (C=O) groups is 2. The number of sulfonamides is 1. The van der Waals surface area contributed by atoms with Gasteiger partial charge in [-0.05, 0) is 61.9 Å². The third-order valence-corrected chi connectivity index (χ3v) is 5.82. The van der Waals surface area contributed by atoms with Crippen molar-refractivity contribution in [2.45, 2.75) is 24.7 Å². The predicted molar refractivity (Wildman–Crippen MR) is 109 cm³/mol. The van der Waals surface area contributed by atoms with E-state index in [9.17, 15) is 18.0 Å². The van der Waals surface area contributed by atoms with Gasteiger partial charge in [-0.3, -0.25) is 9.59 Å². The van der Waals surface area contributed by atoms with Gasteiger partial charge in [-0.15, -0.1) is 0 Å². The van der Waals surface area contributed by atoms with Gasteiger partial charge in [0.2, 0.25) is 21.8 Å². The fourth-order valence-electron chi connectivity index (χ4n) is 2.98. The number of benzene rings is 2. The lowest BCUT2D eigenvalue weighted by Crippen LogP contribution is -2.32. The van der Waals surface area contributed by atoms with Crippen molar-refractivity contribution in [3.63, 3.8) is 0 Å². The minimum Gasteiger partial charge on any atom is -0.494 e. The van der Waals surface area contributed by atoms with E-state index in [1.165, 1.54) is 12.1 Å². The van der Waals surface area contributed by atoms with Crippen LogP contribution in [0.3, 0.4) is 0 Å². The van der Waals surface area contributed by atoms with Crippen molar-refractivity contribution in [3.8, 4) is 5.75 Å². The van der Waals surface area contributed by atoms with E-state index in [4.69, 9.17) is 4.74 Å². The molecule has 2 aromatic rings. The normalized spacial score (nSPS) is 14.1. The lowest BCUT2D eigenvalue weighted by molar-refractivity contribution is -0.117. The molecule has 3 rings (SSSR count). The fourth-order valence-corrected chi connectivity index (χ4v) is 3.96. The van der Waals surface area contributed by atoms with E-state index in [0.29, 0.717) is 31.0 Å². The van der Waals surface area contributed by atoms with E-state index in [-0.39, 0.29) is 10.8 Å². The van der Waals surface area contributed by atoms with E-state index in [2.05, 4.69) is 10.0 Å². The van der Waals surface area contributed by atoms with E-state index >= 15 is 0 Å². The molecular weight excluding hydrogens is 394 g/mol. The van der Waals surface area contributed by atoms with Crippen LogP contribution in [0.1, 0.15) is 19.8 Å². The van der Waals surface area contributed by atoms with Crippen LogP contribution < -0.4 is 19.7 Å². The summed E-state index contributed by atoms with van der Waals surface area (Å²) >= 11 is 0. The summed E-state index contributed by atoms with van der Waals surface area (Å²) in [4.78, 5) is 25.6. The standard InChI is InChI=1S/C20H23N3O5S/c1-2-28-17-9-11-18(12-10-17)29(26,27)21-14-19(24)22-15-5-7-16(8-6-15)23-13-3-4-20(23)25/h5-12,21H,2-4,13-14H2,1H3,(H,22,24). The predicted octanol–water partition coefficient (Wildman–Crippen LogP) is 2.13. The molecule has 0 aliphatic carbocycles. The summed E-state index contributed by atoms with van der Waals surface area (Å²) in [5.41, 5.74) is 1.30. The van der Waals surface area contributed by atoms with Crippen molar-refractivity contribution in [2.24, 2.45) is 0 Å². The number of amides is 2. The van der Waals surface area contributed by atoms with Gasteiger partial charge in [-0.1, -0.05) is 0 Å². The van der Waals surface area contributed by atoms with Crippen molar-refractivity contribution < 1.29 is 22.7 Å². The molecule has 9 heteroatoms. The molecule has 0 atom stereocenters. The summed E-state index contributed by atoms with van der Waals surface area (Å²) in [6.45, 7) is 2.61. The third-order valence-electron chi connectivity index (χ3n) is 4.40. The number of hydrogen-bond donors (Lipinski definition) is 2. The maximum atomic E-state index is 12.3. The Labute approximate surface area is 169 Å². The summed E-state index contributed by atoms with van der Waals surface area (Å²) in [5, 5.41) is 2.63. The van der Waals surface area contributed by atoms with Crippen LogP contribution in [0.15, 0.2) is 53.4 Å². The van der Waals surface area contributed by atoms with Gasteiger partial charge in [0.05, 0.1) is 18.0 Å². The second kappa shape index (κ2) is 9.06. The van der Waals surface area contributed by atoms with Gasteiger partial charge >= 0.3 is 0 Å². The summed E-state index contributed by atoms with van der Waals surface area (Å²) in [7, 11) is -3.81. The van der Waals surface area contributed by atoms with Crippen molar-refractivity contribution >= 4 is 33.2 Å². The van der Waals surface area contributed by atoms with Crippen molar-refractivity contribution in [1.29, 1.82) is 0 Å². The molecule has 1 heterocycles. The van der Waals surface area contributed by atoms with Crippen LogP contribution in [-0.2, 0) is 19.6 Å². The Morgan fingerprint density at radius 1 is 1.10 bits per heavy atom. The Hall–Kier alpha value is -2.91. The van der Waals surface area contributed by atoms with Gasteiger partial charge in [0.1, 0.15) is 5.75 Å². The molecule has 1 fully saturated rings. The first-order chi connectivity index (χ1) is 13.9. The van der Waals surface area contributed by atoms with E-state index in [1.807, 2.05) is 6.92 Å². The zero-order chi connectivity index (χ0) is 20.9. The zero-order valence-corrected chi connectivity index (χ0v) is 16.9. The first-order valence-corrected chi connectivity index (χ1v) is 10.8. The summed E-state index contributed by atoms with van der Waals surface area (Å²) in [6.07, 6.45) is 1.39. The highest BCUT2D eigenvalue weighted by Crippen LogP contribution is 2.23. The van der Waals surface area contributed by atoms with Crippen LogP contribution in [0.2, 0.25) is 0 Å². The first kappa shape index (κ1) is 20.8. The second-order valence-electron chi connectivity index (χ2n) is 6.47. The highest BCUT2D eigenvalue weighted by molar-refractivity contribution is 7.89. The van der Waals surface area contributed by atoms with Crippen molar-refractivity contribution in [1.82, 2.24) is 4.72 Å². The fraction of sp³-hybridized carbons (Fsp3) is 0.300. The molecule has 0 bridgehead atoms. The van der Waals surface area contributed by atoms with E-state index in [1.54, 1.807) is 41.3 Å². The molecule has 0 saturated carbocycles. The Kier molecular flexibility index (Phi) is 6.50. The van der Waals surface area contributed by atoms with Gasteiger partial charge < -0.3 is 15.0 Å². The molecule has 154 valence electrons. The van der Waals surface area contributed by atoms with Gasteiger partial charge in [0.15, 0.2) is 0 Å². The first-order valence-electron chi connectivity index (χ1n) is 9.32. The van der Waals surface area contributed by atoms with Crippen LogP contribution in [0.25, 0.3) is 0 Å². The number of anilines is 2. The van der Waals surface area contributed by atoms with Crippen LogP contribution in [0, 0.1) is 0 Å². The molecule has 1 aliphatic rings. The van der Waals surface area contributed by atoms with Gasteiger partial charge in [0, 0.05) is 24.3 Å². The smallest absolute Gasteiger partial charge is 0.241 e. The summed E-state index contributed by atoms with van der Waals surface area (Å²) in [6, 6.07) is 12.8. The molecule has 0 aromatic heterocycles. The molecule has 2 amide bonds. The number of carbonyl (C=O) groups excluding carboxylic acids is 2. The number of hydrogen-bond acceptors (Lipinski definition) is 5. The highest BCUT2D eigenvalue weighted by Gasteiger charge is 2.21. The van der Waals surface area contributed by atoms with Crippen molar-refractivity contribution in [2.75, 3.05) is 29.9 Å². The quantitative estimate of drug-likeness (QED) is 0.685. The molecule has 2 N–H and O–H groups in total. The molecule has 2 aromatic carbocycles. The lowest BCUT2D eigenvalue weighted by atomic mass is 10.2. The lowest BCUT2D eigenvalue weighted by Gasteiger charge is -2.16. The average molecular weight is 417 g/mol. The Morgan fingerprint density at radius 2 is 1.79 bits per heavy atom. The van der Waals surface area contributed by atoms with Gasteiger partial charge in [0.25, 0.3) is 0 Å². The average Bonchev–Trinajstić information content (AvgIpc) is 3.14. The molecule has 1 saturated heterocycles. The van der Waals surface area contributed by atoms with E-state index in [0.717, 1.165) is 12.1 Å². The number of nitrogens with zero attached hydrogens (tertiary/aromatic N) is 1. The van der Waals surface area contributed by atoms with E-state index < -0.39 is 22.5 Å². The Morgan fingerprint density at radius 3 is 2.38 bits per heavy atom. The monoisotopic (exact) mass is 417 g/mol. The minimum absolute atomic E-state index is 0.0494. The molecule has 0 spiro atoms. The Bertz CT molecular complexity index is 972. The van der Waals surface area contributed by atoms with Gasteiger partial charge in [-0.2, -0.15) is 0 Å². The molecule has 0 radical (unpaired) electrons. The number of ether oxygens (including phenoxy) is 1. The van der Waals surface area contributed by atoms with Crippen LogP contribution in [-0.4, -0.2) is 39.9 Å². The topological polar surface area (TPSA) is 105 Å². The SMILES string of the molecule is CCOc1ccc(S(=O)(=O)NCC(=O)Nc2ccc(N3CCCC3=O)cc2)cc1. The third kappa shape index (κ3) is 5.33. The highest BCUT2D eigenvalue weighted by atomic mass is 32.2. The number of rotatable bonds is 8. The number of nitrogens with one attached hydrogen (secondary N) is 2. The summed E-state index contributed by atoms with van der Waals surface area (Å²) in [5.74, 6) is 0.165. The molecular formula is C20H23N3O5S. The minimum atomic E-state index is -3.81. The molecule has 29 heavy (non-hydrogen) atoms. The molecule has 8 nitrogen and oxygen atoms in total. The molecule has 1 aliphatic heterocycles. The maximum Gasteiger partial charge on any atom is 0.241 e. The molecule has 0 unspecified atom stereocenters. The zero-order valence-electron chi connectivity index (χ0n) is 16.1. The van der Waals surface area contributed by atoms with Crippen LogP contribution in [0.4, 0.5) is 11.4 Å². The largest absolute Gasteiger partial charge is 0.494 e. The van der Waals surface area contributed by atoms with Crippen LogP contribution in [0.5, 0.6) is 5.75 Å². The Balaban J connectivity index is 1.54. The van der Waals surface area contributed by atoms with Crippen LogP contribution >= 0.6 is 0 Å². The van der Waals surface area contributed by atoms with Gasteiger partial charge in [-0.25, -0.2) is 13.1 Å². The van der Waals surface area contributed by atoms with Crippen molar-refractivity contribution in [3.05, 3.63) is 48.5 Å². The maximum absolute atomic E-state index is 12.3. The second-order valence-corrected chi connectivity index (χ2v) is 8.24.